The van der Waals surface area contributed by atoms with Gasteiger partial charge in [0.1, 0.15) is 10.6 Å². The lowest BCUT2D eigenvalue weighted by atomic mass is 10.2. The number of nitrogens with one attached hydrogen (secondary N) is 1. The number of anilines is 1. The van der Waals surface area contributed by atoms with Crippen molar-refractivity contribution in [3.05, 3.63) is 44.1 Å². The standard InChI is InChI=1S/C18H18ClNO4S/c1-10-6-13(14(23-2)8-12(10)19)20-17(21)9-24-18(22)16-7-11-4-3-5-15(11)25-16/h6-8H,3-5,9H2,1-2H3,(H,20,21). The van der Waals surface area contributed by atoms with Crippen LogP contribution < -0.4 is 10.1 Å². The molecule has 1 aromatic heterocycles. The largest absolute Gasteiger partial charge is 0.495 e. The van der Waals surface area contributed by atoms with Crippen LogP contribution in [0.5, 0.6) is 5.75 Å². The number of hydrogen-bond donors (Lipinski definition) is 1. The van der Waals surface area contributed by atoms with E-state index >= 15 is 0 Å². The third-order valence-corrected chi connectivity index (χ3v) is 5.66. The zero-order chi connectivity index (χ0) is 18.0. The summed E-state index contributed by atoms with van der Waals surface area (Å²) in [4.78, 5) is 26.0. The minimum atomic E-state index is -0.464. The highest BCUT2D eigenvalue weighted by Gasteiger charge is 2.20. The molecule has 0 fully saturated rings. The van der Waals surface area contributed by atoms with E-state index in [1.54, 1.807) is 12.1 Å². The molecule has 0 radical (unpaired) electrons. The number of methoxy groups -OCH3 is 1. The van der Waals surface area contributed by atoms with Crippen molar-refractivity contribution in [2.24, 2.45) is 0 Å². The van der Waals surface area contributed by atoms with E-state index in [9.17, 15) is 9.59 Å². The van der Waals surface area contributed by atoms with Gasteiger partial charge in [-0.15, -0.1) is 11.3 Å². The van der Waals surface area contributed by atoms with Crippen molar-refractivity contribution < 1.29 is 19.1 Å². The molecular formula is C18H18ClNO4S. The van der Waals surface area contributed by atoms with Crippen molar-refractivity contribution in [1.29, 1.82) is 0 Å². The van der Waals surface area contributed by atoms with E-state index in [1.165, 1.54) is 28.9 Å². The van der Waals surface area contributed by atoms with Crippen molar-refractivity contribution in [2.75, 3.05) is 19.0 Å². The van der Waals surface area contributed by atoms with Gasteiger partial charge in [-0.1, -0.05) is 11.6 Å². The Morgan fingerprint density at radius 2 is 2.08 bits per heavy atom. The Morgan fingerprint density at radius 3 is 2.80 bits per heavy atom. The summed E-state index contributed by atoms with van der Waals surface area (Å²) in [6.45, 7) is 1.47. The molecule has 5 nitrogen and oxygen atoms in total. The van der Waals surface area contributed by atoms with Crippen molar-refractivity contribution in [3.63, 3.8) is 0 Å². The monoisotopic (exact) mass is 379 g/mol. The second-order valence-electron chi connectivity index (χ2n) is 5.84. The first kappa shape index (κ1) is 17.8. The Morgan fingerprint density at radius 1 is 1.28 bits per heavy atom. The van der Waals surface area contributed by atoms with Crippen LogP contribution in [0.4, 0.5) is 5.69 Å². The van der Waals surface area contributed by atoms with Crippen LogP contribution in [0, 0.1) is 6.92 Å². The normalized spacial score (nSPS) is 12.6. The summed E-state index contributed by atoms with van der Waals surface area (Å²) < 4.78 is 10.3. The number of halogens is 1. The molecule has 0 bridgehead atoms. The molecule has 1 N–H and O–H groups in total. The maximum absolute atomic E-state index is 12.1. The molecule has 0 atom stereocenters. The Kier molecular flexibility index (Phi) is 5.30. The number of esters is 1. The van der Waals surface area contributed by atoms with Crippen LogP contribution in [-0.2, 0) is 22.4 Å². The third-order valence-electron chi connectivity index (χ3n) is 4.04. The van der Waals surface area contributed by atoms with E-state index < -0.39 is 11.9 Å². The summed E-state index contributed by atoms with van der Waals surface area (Å²) in [5.74, 6) is -0.448. The van der Waals surface area contributed by atoms with Gasteiger partial charge in [-0.2, -0.15) is 0 Å². The fourth-order valence-electron chi connectivity index (χ4n) is 2.75. The van der Waals surface area contributed by atoms with Gasteiger partial charge in [-0.25, -0.2) is 4.79 Å². The van der Waals surface area contributed by atoms with Gasteiger partial charge in [0.25, 0.3) is 5.91 Å². The van der Waals surface area contributed by atoms with E-state index in [4.69, 9.17) is 21.1 Å². The SMILES string of the molecule is COc1cc(Cl)c(C)cc1NC(=O)COC(=O)c1cc2c(s1)CCC2. The van der Waals surface area contributed by atoms with E-state index in [-0.39, 0.29) is 6.61 Å². The molecule has 0 saturated carbocycles. The number of thiophene rings is 1. The number of rotatable bonds is 5. The average molecular weight is 380 g/mol. The Hall–Kier alpha value is -2.05. The van der Waals surface area contributed by atoms with Crippen molar-refractivity contribution in [3.8, 4) is 5.75 Å². The molecular weight excluding hydrogens is 362 g/mol. The van der Waals surface area contributed by atoms with Gasteiger partial charge < -0.3 is 14.8 Å². The van der Waals surface area contributed by atoms with Gasteiger partial charge in [-0.3, -0.25) is 4.79 Å². The minimum absolute atomic E-state index is 0.355. The topological polar surface area (TPSA) is 64.6 Å². The number of carbonyl (C=O) groups is 2. The number of amides is 1. The van der Waals surface area contributed by atoms with Crippen LogP contribution in [0.25, 0.3) is 0 Å². The summed E-state index contributed by atoms with van der Waals surface area (Å²) in [5.41, 5.74) is 2.52. The summed E-state index contributed by atoms with van der Waals surface area (Å²) in [6, 6.07) is 5.22. The fraction of sp³-hybridized carbons (Fsp3) is 0.333. The van der Waals surface area contributed by atoms with Crippen LogP contribution in [0.3, 0.4) is 0 Å². The van der Waals surface area contributed by atoms with Crippen LogP contribution in [-0.4, -0.2) is 25.6 Å². The number of carbonyl (C=O) groups excluding carboxylic acids is 2. The van der Waals surface area contributed by atoms with Crippen LogP contribution in [0.15, 0.2) is 18.2 Å². The molecule has 0 unspecified atom stereocenters. The first-order valence-corrected chi connectivity index (χ1v) is 9.10. The highest BCUT2D eigenvalue weighted by molar-refractivity contribution is 7.14. The Labute approximate surface area is 154 Å². The molecule has 2 aromatic rings. The smallest absolute Gasteiger partial charge is 0.348 e. The second-order valence-corrected chi connectivity index (χ2v) is 7.38. The summed E-state index contributed by atoms with van der Waals surface area (Å²) in [6.07, 6.45) is 3.17. The number of benzene rings is 1. The predicted octanol–water partition coefficient (Wildman–Crippen LogP) is 4.00. The number of aryl methyl sites for hydroxylation is 3. The average Bonchev–Trinajstić information content (AvgIpc) is 3.17. The molecule has 0 aliphatic heterocycles. The maximum Gasteiger partial charge on any atom is 0.348 e. The maximum atomic E-state index is 12.1. The lowest BCUT2D eigenvalue weighted by Gasteiger charge is -2.12. The zero-order valence-corrected chi connectivity index (χ0v) is 15.6. The van der Waals surface area contributed by atoms with E-state index in [0.29, 0.717) is 21.3 Å². The molecule has 7 heteroatoms. The fourth-order valence-corrected chi connectivity index (χ4v) is 4.05. The molecule has 1 aliphatic rings. The third kappa shape index (κ3) is 3.96. The van der Waals surface area contributed by atoms with Gasteiger partial charge in [0.05, 0.1) is 12.8 Å². The van der Waals surface area contributed by atoms with Gasteiger partial charge in [0.15, 0.2) is 6.61 Å². The molecule has 1 amide bonds. The van der Waals surface area contributed by atoms with Crippen molar-refractivity contribution in [2.45, 2.75) is 26.2 Å². The van der Waals surface area contributed by atoms with E-state index in [2.05, 4.69) is 5.32 Å². The summed E-state index contributed by atoms with van der Waals surface area (Å²) in [5, 5.41) is 3.23. The first-order valence-electron chi connectivity index (χ1n) is 7.90. The minimum Gasteiger partial charge on any atom is -0.495 e. The van der Waals surface area contributed by atoms with Gasteiger partial charge >= 0.3 is 5.97 Å². The number of ether oxygens (including phenoxy) is 2. The Balaban J connectivity index is 1.59. The summed E-state index contributed by atoms with van der Waals surface area (Å²) >= 11 is 7.50. The van der Waals surface area contributed by atoms with Crippen molar-refractivity contribution in [1.82, 2.24) is 0 Å². The Bertz CT molecular complexity index is 809. The lowest BCUT2D eigenvalue weighted by Crippen LogP contribution is -2.21. The quantitative estimate of drug-likeness (QED) is 0.797. The molecule has 1 aromatic carbocycles. The molecule has 25 heavy (non-hydrogen) atoms. The molecule has 0 spiro atoms. The number of hydrogen-bond acceptors (Lipinski definition) is 5. The molecule has 0 saturated heterocycles. The molecule has 1 aliphatic carbocycles. The highest BCUT2D eigenvalue weighted by atomic mass is 35.5. The lowest BCUT2D eigenvalue weighted by molar-refractivity contribution is -0.119. The molecule has 1 heterocycles. The van der Waals surface area contributed by atoms with E-state index in [0.717, 1.165) is 24.8 Å². The van der Waals surface area contributed by atoms with E-state index in [1.807, 2.05) is 13.0 Å². The number of fused-ring (bicyclic) bond motifs is 1. The van der Waals surface area contributed by atoms with Crippen molar-refractivity contribution >= 4 is 40.5 Å². The molecule has 132 valence electrons. The predicted molar refractivity (Wildman–Crippen MR) is 98.0 cm³/mol. The first-order chi connectivity index (χ1) is 12.0. The second kappa shape index (κ2) is 7.45. The van der Waals surface area contributed by atoms with Gasteiger partial charge in [0, 0.05) is 16.0 Å². The van der Waals surface area contributed by atoms with Gasteiger partial charge in [0.2, 0.25) is 0 Å². The zero-order valence-electron chi connectivity index (χ0n) is 14.0. The van der Waals surface area contributed by atoms with Crippen LogP contribution >= 0.6 is 22.9 Å². The van der Waals surface area contributed by atoms with Crippen LogP contribution in [0.2, 0.25) is 5.02 Å². The molecule has 3 rings (SSSR count). The van der Waals surface area contributed by atoms with Crippen LogP contribution in [0.1, 0.15) is 32.1 Å². The summed E-state index contributed by atoms with van der Waals surface area (Å²) in [7, 11) is 1.49. The highest BCUT2D eigenvalue weighted by Crippen LogP contribution is 2.32. The van der Waals surface area contributed by atoms with Gasteiger partial charge in [-0.05, 0) is 49.4 Å².